The summed E-state index contributed by atoms with van der Waals surface area (Å²) in [6, 6.07) is 6.15. The number of carboxylic acid groups (broad SMARTS) is 1. The molecule has 21 heavy (non-hydrogen) atoms. The van der Waals surface area contributed by atoms with Crippen LogP contribution >= 0.6 is 0 Å². The van der Waals surface area contributed by atoms with Gasteiger partial charge in [-0.1, -0.05) is 12.1 Å². The van der Waals surface area contributed by atoms with Crippen molar-refractivity contribution in [2.75, 3.05) is 18.1 Å². The SMILES string of the molecule is O=C(O)C(NC(=O)N1CCCOc2ccccc21)C1CC1. The number of carboxylic acids is 1. The molecule has 0 aromatic heterocycles. The summed E-state index contributed by atoms with van der Waals surface area (Å²) in [5.74, 6) is -0.251. The van der Waals surface area contributed by atoms with E-state index >= 15 is 0 Å². The molecule has 112 valence electrons. The zero-order valence-corrected chi connectivity index (χ0v) is 11.6. The molecular formula is C15H18N2O4. The van der Waals surface area contributed by atoms with Crippen molar-refractivity contribution in [1.29, 1.82) is 0 Å². The number of nitrogens with one attached hydrogen (secondary N) is 1. The summed E-state index contributed by atoms with van der Waals surface area (Å²) >= 11 is 0. The molecule has 1 aromatic rings. The Kier molecular flexibility index (Phi) is 3.68. The number of amides is 2. The van der Waals surface area contributed by atoms with Gasteiger partial charge in [-0.2, -0.15) is 0 Å². The van der Waals surface area contributed by atoms with Gasteiger partial charge in [0.2, 0.25) is 0 Å². The Hall–Kier alpha value is -2.24. The van der Waals surface area contributed by atoms with Gasteiger partial charge in [0.05, 0.1) is 12.3 Å². The van der Waals surface area contributed by atoms with Crippen molar-refractivity contribution in [3.63, 3.8) is 0 Å². The quantitative estimate of drug-likeness (QED) is 0.890. The molecule has 1 aromatic carbocycles. The van der Waals surface area contributed by atoms with Gasteiger partial charge in [-0.15, -0.1) is 0 Å². The number of hydrogen-bond donors (Lipinski definition) is 2. The molecule has 1 aliphatic carbocycles. The van der Waals surface area contributed by atoms with E-state index in [0.717, 1.165) is 12.8 Å². The largest absolute Gasteiger partial charge is 0.491 e. The van der Waals surface area contributed by atoms with E-state index in [1.54, 1.807) is 4.90 Å². The van der Waals surface area contributed by atoms with Crippen molar-refractivity contribution >= 4 is 17.7 Å². The third kappa shape index (κ3) is 2.94. The second-order valence-electron chi connectivity index (χ2n) is 5.42. The van der Waals surface area contributed by atoms with E-state index in [0.29, 0.717) is 31.0 Å². The lowest BCUT2D eigenvalue weighted by atomic mass is 10.2. The number of rotatable bonds is 3. The lowest BCUT2D eigenvalue weighted by Gasteiger charge is -2.24. The Balaban J connectivity index is 1.79. The minimum Gasteiger partial charge on any atom is -0.491 e. The topological polar surface area (TPSA) is 78.9 Å². The molecule has 1 heterocycles. The predicted molar refractivity (Wildman–Crippen MR) is 76.6 cm³/mol. The number of aliphatic carboxylic acids is 1. The number of ether oxygens (including phenoxy) is 1. The van der Waals surface area contributed by atoms with E-state index in [-0.39, 0.29) is 11.9 Å². The average molecular weight is 290 g/mol. The fraction of sp³-hybridized carbons (Fsp3) is 0.467. The molecule has 0 saturated heterocycles. The number of urea groups is 1. The van der Waals surface area contributed by atoms with Crippen LogP contribution in [0.2, 0.25) is 0 Å². The molecule has 0 radical (unpaired) electrons. The number of carbonyl (C=O) groups excluding carboxylic acids is 1. The number of anilines is 1. The summed E-state index contributed by atoms with van der Waals surface area (Å²) in [5, 5.41) is 11.9. The Labute approximate surface area is 122 Å². The smallest absolute Gasteiger partial charge is 0.326 e. The Bertz CT molecular complexity index is 556. The van der Waals surface area contributed by atoms with Crippen LogP contribution in [0.25, 0.3) is 0 Å². The summed E-state index contributed by atoms with van der Waals surface area (Å²) in [5.41, 5.74) is 0.687. The Morgan fingerprint density at radius 3 is 2.81 bits per heavy atom. The van der Waals surface area contributed by atoms with E-state index in [4.69, 9.17) is 4.74 Å². The number of fused-ring (bicyclic) bond motifs is 1. The first-order valence-electron chi connectivity index (χ1n) is 7.19. The highest BCUT2D eigenvalue weighted by Gasteiger charge is 2.38. The van der Waals surface area contributed by atoms with Gasteiger partial charge in [0, 0.05) is 6.54 Å². The standard InChI is InChI=1S/C15H18N2O4/c18-14(19)13(10-6-7-10)16-15(20)17-8-3-9-21-12-5-2-1-4-11(12)17/h1-2,4-5,10,13H,3,6-9H2,(H,16,20)(H,18,19). The van der Waals surface area contributed by atoms with Crippen LogP contribution in [-0.4, -0.2) is 36.3 Å². The van der Waals surface area contributed by atoms with Gasteiger partial charge in [-0.05, 0) is 37.3 Å². The summed E-state index contributed by atoms with van der Waals surface area (Å²) in [7, 11) is 0. The van der Waals surface area contributed by atoms with Gasteiger partial charge >= 0.3 is 12.0 Å². The molecule has 1 saturated carbocycles. The number of nitrogens with zero attached hydrogens (tertiary/aromatic N) is 1. The molecule has 1 aliphatic heterocycles. The molecule has 3 rings (SSSR count). The lowest BCUT2D eigenvalue weighted by Crippen LogP contribution is -2.49. The van der Waals surface area contributed by atoms with Crippen LogP contribution in [-0.2, 0) is 4.79 Å². The highest BCUT2D eigenvalue weighted by molar-refractivity contribution is 5.96. The van der Waals surface area contributed by atoms with Crippen LogP contribution in [0.4, 0.5) is 10.5 Å². The molecule has 6 nitrogen and oxygen atoms in total. The third-order valence-corrected chi connectivity index (χ3v) is 3.82. The first kappa shape index (κ1) is 13.7. The first-order chi connectivity index (χ1) is 10.2. The minimum atomic E-state index is -0.967. The lowest BCUT2D eigenvalue weighted by molar-refractivity contribution is -0.139. The van der Waals surface area contributed by atoms with E-state index in [1.807, 2.05) is 24.3 Å². The van der Waals surface area contributed by atoms with E-state index in [2.05, 4.69) is 5.32 Å². The van der Waals surface area contributed by atoms with E-state index in [1.165, 1.54) is 0 Å². The fourth-order valence-electron chi connectivity index (χ4n) is 2.56. The summed E-state index contributed by atoms with van der Waals surface area (Å²) in [4.78, 5) is 25.3. The van der Waals surface area contributed by atoms with Crippen molar-refractivity contribution in [2.45, 2.75) is 25.3 Å². The highest BCUT2D eigenvalue weighted by Crippen LogP contribution is 2.34. The van der Waals surface area contributed by atoms with E-state index < -0.39 is 12.0 Å². The molecule has 0 bridgehead atoms. The van der Waals surface area contributed by atoms with Crippen molar-refractivity contribution in [2.24, 2.45) is 5.92 Å². The van der Waals surface area contributed by atoms with Crippen LogP contribution in [0.1, 0.15) is 19.3 Å². The van der Waals surface area contributed by atoms with Crippen LogP contribution < -0.4 is 15.0 Å². The number of benzene rings is 1. The Morgan fingerprint density at radius 1 is 1.33 bits per heavy atom. The minimum absolute atomic E-state index is 0.0601. The predicted octanol–water partition coefficient (Wildman–Crippen LogP) is 1.85. The van der Waals surface area contributed by atoms with Gasteiger partial charge in [0.15, 0.2) is 0 Å². The monoisotopic (exact) mass is 290 g/mol. The number of carbonyl (C=O) groups is 2. The molecule has 1 fully saturated rings. The zero-order chi connectivity index (χ0) is 14.8. The van der Waals surface area contributed by atoms with Crippen LogP contribution in [0.3, 0.4) is 0 Å². The molecule has 6 heteroatoms. The second kappa shape index (κ2) is 5.63. The summed E-state index contributed by atoms with van der Waals surface area (Å²) in [6.45, 7) is 1.06. The van der Waals surface area contributed by atoms with Gasteiger partial charge in [0.1, 0.15) is 11.8 Å². The van der Waals surface area contributed by atoms with Crippen molar-refractivity contribution in [3.8, 4) is 5.75 Å². The molecule has 0 spiro atoms. The first-order valence-corrected chi connectivity index (χ1v) is 7.19. The van der Waals surface area contributed by atoms with E-state index in [9.17, 15) is 14.7 Å². The summed E-state index contributed by atoms with van der Waals surface area (Å²) in [6.07, 6.45) is 2.43. The van der Waals surface area contributed by atoms with Gasteiger partial charge in [-0.25, -0.2) is 9.59 Å². The van der Waals surface area contributed by atoms with Crippen molar-refractivity contribution in [3.05, 3.63) is 24.3 Å². The molecule has 2 aliphatic rings. The van der Waals surface area contributed by atoms with Crippen LogP contribution in [0.15, 0.2) is 24.3 Å². The number of hydrogen-bond acceptors (Lipinski definition) is 3. The van der Waals surface area contributed by atoms with Crippen LogP contribution in [0, 0.1) is 5.92 Å². The van der Waals surface area contributed by atoms with Crippen LogP contribution in [0.5, 0.6) is 5.75 Å². The molecule has 1 unspecified atom stereocenters. The summed E-state index contributed by atoms with van der Waals surface area (Å²) < 4.78 is 5.60. The molecule has 1 atom stereocenters. The molecular weight excluding hydrogens is 272 g/mol. The maximum atomic E-state index is 12.5. The van der Waals surface area contributed by atoms with Gasteiger partial charge in [-0.3, -0.25) is 4.90 Å². The zero-order valence-electron chi connectivity index (χ0n) is 11.6. The average Bonchev–Trinajstić information content (AvgIpc) is 3.30. The van der Waals surface area contributed by atoms with Gasteiger partial charge in [0.25, 0.3) is 0 Å². The molecule has 2 N–H and O–H groups in total. The maximum absolute atomic E-state index is 12.5. The van der Waals surface area contributed by atoms with Crippen molar-refractivity contribution in [1.82, 2.24) is 5.32 Å². The Morgan fingerprint density at radius 2 is 2.10 bits per heavy atom. The fourth-order valence-corrected chi connectivity index (χ4v) is 2.56. The van der Waals surface area contributed by atoms with Crippen molar-refractivity contribution < 1.29 is 19.4 Å². The van der Waals surface area contributed by atoms with Gasteiger partial charge < -0.3 is 15.2 Å². The normalized spacial score (nSPS) is 19.0. The number of para-hydroxylation sites is 2. The molecule has 2 amide bonds. The second-order valence-corrected chi connectivity index (χ2v) is 5.42. The third-order valence-electron chi connectivity index (χ3n) is 3.82. The maximum Gasteiger partial charge on any atom is 0.326 e. The highest BCUT2D eigenvalue weighted by atomic mass is 16.5.